The average molecular weight is 250 g/mol. The molecule has 0 aromatic carbocycles. The highest BCUT2D eigenvalue weighted by Crippen LogP contribution is 2.23. The SMILES string of the molecule is CNCc1cnc(-c2cccnc2)nc1C(F)F. The van der Waals surface area contributed by atoms with Gasteiger partial charge in [0, 0.05) is 36.3 Å². The van der Waals surface area contributed by atoms with Crippen molar-refractivity contribution in [1.29, 1.82) is 0 Å². The normalized spacial score (nSPS) is 10.9. The van der Waals surface area contributed by atoms with Crippen LogP contribution in [0.15, 0.2) is 30.7 Å². The molecule has 2 aromatic rings. The number of rotatable bonds is 4. The molecule has 0 bridgehead atoms. The molecule has 0 saturated carbocycles. The second kappa shape index (κ2) is 5.59. The van der Waals surface area contributed by atoms with Crippen molar-refractivity contribution in [2.24, 2.45) is 0 Å². The van der Waals surface area contributed by atoms with Gasteiger partial charge in [-0.25, -0.2) is 18.7 Å². The van der Waals surface area contributed by atoms with Crippen LogP contribution in [-0.4, -0.2) is 22.0 Å². The fourth-order valence-corrected chi connectivity index (χ4v) is 1.57. The fraction of sp³-hybridized carbons (Fsp3) is 0.250. The maximum absolute atomic E-state index is 12.9. The summed E-state index contributed by atoms with van der Waals surface area (Å²) in [6.07, 6.45) is 1.95. The van der Waals surface area contributed by atoms with Gasteiger partial charge >= 0.3 is 0 Å². The zero-order chi connectivity index (χ0) is 13.0. The van der Waals surface area contributed by atoms with E-state index in [0.29, 0.717) is 17.7 Å². The summed E-state index contributed by atoms with van der Waals surface area (Å²) in [6, 6.07) is 3.44. The number of nitrogens with zero attached hydrogens (tertiary/aromatic N) is 3. The Kier molecular flexibility index (Phi) is 3.88. The molecule has 0 unspecified atom stereocenters. The molecule has 0 aliphatic heterocycles. The van der Waals surface area contributed by atoms with Gasteiger partial charge in [-0.05, 0) is 19.2 Å². The van der Waals surface area contributed by atoms with Crippen LogP contribution in [0.25, 0.3) is 11.4 Å². The molecule has 94 valence electrons. The first-order chi connectivity index (χ1) is 8.72. The highest BCUT2D eigenvalue weighted by atomic mass is 19.3. The predicted molar refractivity (Wildman–Crippen MR) is 63.0 cm³/mol. The molecule has 0 aliphatic carbocycles. The monoisotopic (exact) mass is 250 g/mol. The van der Waals surface area contributed by atoms with Crippen molar-refractivity contribution in [2.75, 3.05) is 7.05 Å². The molecule has 6 heteroatoms. The smallest absolute Gasteiger partial charge is 0.280 e. The van der Waals surface area contributed by atoms with E-state index in [2.05, 4.69) is 20.3 Å². The van der Waals surface area contributed by atoms with Gasteiger partial charge in [-0.2, -0.15) is 0 Å². The van der Waals surface area contributed by atoms with Gasteiger partial charge in [-0.15, -0.1) is 0 Å². The third kappa shape index (κ3) is 2.65. The van der Waals surface area contributed by atoms with Crippen LogP contribution >= 0.6 is 0 Å². The Labute approximate surface area is 103 Å². The van der Waals surface area contributed by atoms with Crippen LogP contribution in [0.5, 0.6) is 0 Å². The average Bonchev–Trinajstić information content (AvgIpc) is 2.40. The third-order valence-corrected chi connectivity index (χ3v) is 2.39. The number of aromatic nitrogens is 3. The molecule has 0 fully saturated rings. The molecule has 4 nitrogen and oxygen atoms in total. The largest absolute Gasteiger partial charge is 0.316 e. The molecule has 0 spiro atoms. The summed E-state index contributed by atoms with van der Waals surface area (Å²) >= 11 is 0. The van der Waals surface area contributed by atoms with Gasteiger partial charge in [0.1, 0.15) is 5.69 Å². The molecule has 0 amide bonds. The highest BCUT2D eigenvalue weighted by Gasteiger charge is 2.16. The summed E-state index contributed by atoms with van der Waals surface area (Å²) < 4.78 is 25.8. The van der Waals surface area contributed by atoms with E-state index in [4.69, 9.17) is 0 Å². The second-order valence-electron chi connectivity index (χ2n) is 3.68. The molecule has 0 saturated heterocycles. The molecule has 2 aromatic heterocycles. The Morgan fingerprint density at radius 2 is 2.17 bits per heavy atom. The zero-order valence-corrected chi connectivity index (χ0v) is 9.77. The van der Waals surface area contributed by atoms with E-state index in [1.165, 1.54) is 6.20 Å². The summed E-state index contributed by atoms with van der Waals surface area (Å²) in [4.78, 5) is 11.9. The van der Waals surface area contributed by atoms with Crippen molar-refractivity contribution in [3.63, 3.8) is 0 Å². The van der Waals surface area contributed by atoms with Gasteiger partial charge in [-0.1, -0.05) is 0 Å². The van der Waals surface area contributed by atoms with E-state index in [1.54, 1.807) is 31.6 Å². The van der Waals surface area contributed by atoms with Gasteiger partial charge in [0.25, 0.3) is 6.43 Å². The lowest BCUT2D eigenvalue weighted by atomic mass is 10.2. The molecule has 18 heavy (non-hydrogen) atoms. The minimum atomic E-state index is -2.62. The summed E-state index contributed by atoms with van der Waals surface area (Å²) in [5.41, 5.74) is 0.786. The van der Waals surface area contributed by atoms with Crippen LogP contribution in [0.1, 0.15) is 17.7 Å². The first kappa shape index (κ1) is 12.5. The summed E-state index contributed by atoms with van der Waals surface area (Å²) in [5.74, 6) is 0.262. The Hall–Kier alpha value is -1.95. The Balaban J connectivity index is 2.43. The number of hydrogen-bond donors (Lipinski definition) is 1. The van der Waals surface area contributed by atoms with Crippen LogP contribution in [0.3, 0.4) is 0 Å². The summed E-state index contributed by atoms with van der Waals surface area (Å²) in [7, 11) is 1.68. The minimum absolute atomic E-state index is 0.238. The Bertz CT molecular complexity index is 517. The molecule has 0 atom stereocenters. The number of nitrogens with one attached hydrogen (secondary N) is 1. The number of alkyl halides is 2. The number of pyridine rings is 1. The van der Waals surface area contributed by atoms with Gasteiger partial charge in [0.15, 0.2) is 5.82 Å². The molecule has 1 N–H and O–H groups in total. The molecule has 2 rings (SSSR count). The van der Waals surface area contributed by atoms with E-state index < -0.39 is 6.43 Å². The van der Waals surface area contributed by atoms with Crippen LogP contribution < -0.4 is 5.32 Å². The van der Waals surface area contributed by atoms with Gasteiger partial charge in [0.05, 0.1) is 0 Å². The van der Waals surface area contributed by atoms with Crippen molar-refractivity contribution in [2.45, 2.75) is 13.0 Å². The van der Waals surface area contributed by atoms with Gasteiger partial charge in [0.2, 0.25) is 0 Å². The van der Waals surface area contributed by atoms with Crippen molar-refractivity contribution >= 4 is 0 Å². The fourth-order valence-electron chi connectivity index (χ4n) is 1.57. The van der Waals surface area contributed by atoms with Crippen LogP contribution in [-0.2, 0) is 6.54 Å². The first-order valence-corrected chi connectivity index (χ1v) is 5.41. The quantitative estimate of drug-likeness (QED) is 0.903. The Morgan fingerprint density at radius 3 is 2.78 bits per heavy atom. The van der Waals surface area contributed by atoms with Crippen molar-refractivity contribution in [3.8, 4) is 11.4 Å². The summed E-state index contributed by atoms with van der Waals surface area (Å²) in [5, 5.41) is 2.81. The standard InChI is InChI=1S/C12H12F2N4/c1-15-5-9-7-17-12(18-10(9)11(13)14)8-3-2-4-16-6-8/h2-4,6-7,11,15H,5H2,1H3. The third-order valence-electron chi connectivity index (χ3n) is 2.39. The first-order valence-electron chi connectivity index (χ1n) is 5.41. The number of hydrogen-bond acceptors (Lipinski definition) is 4. The van der Waals surface area contributed by atoms with Crippen LogP contribution in [0.2, 0.25) is 0 Å². The van der Waals surface area contributed by atoms with Crippen molar-refractivity contribution in [3.05, 3.63) is 42.0 Å². The lowest BCUT2D eigenvalue weighted by Crippen LogP contribution is -2.11. The van der Waals surface area contributed by atoms with E-state index in [1.807, 2.05) is 0 Å². The van der Waals surface area contributed by atoms with Gasteiger partial charge < -0.3 is 5.32 Å². The van der Waals surface area contributed by atoms with Crippen molar-refractivity contribution < 1.29 is 8.78 Å². The zero-order valence-electron chi connectivity index (χ0n) is 9.77. The topological polar surface area (TPSA) is 50.7 Å². The van der Waals surface area contributed by atoms with E-state index >= 15 is 0 Å². The van der Waals surface area contributed by atoms with Crippen LogP contribution in [0, 0.1) is 0 Å². The molecule has 0 radical (unpaired) electrons. The maximum Gasteiger partial charge on any atom is 0.280 e. The summed E-state index contributed by atoms with van der Waals surface area (Å²) in [6.45, 7) is 0.312. The molecular weight excluding hydrogens is 238 g/mol. The molecule has 2 heterocycles. The maximum atomic E-state index is 12.9. The highest BCUT2D eigenvalue weighted by molar-refractivity contribution is 5.53. The number of halogens is 2. The lowest BCUT2D eigenvalue weighted by Gasteiger charge is -2.09. The van der Waals surface area contributed by atoms with E-state index in [9.17, 15) is 8.78 Å². The Morgan fingerprint density at radius 1 is 1.33 bits per heavy atom. The van der Waals surface area contributed by atoms with Crippen molar-refractivity contribution in [1.82, 2.24) is 20.3 Å². The van der Waals surface area contributed by atoms with E-state index in [-0.39, 0.29) is 11.5 Å². The lowest BCUT2D eigenvalue weighted by molar-refractivity contribution is 0.144. The van der Waals surface area contributed by atoms with Crippen LogP contribution in [0.4, 0.5) is 8.78 Å². The second-order valence-corrected chi connectivity index (χ2v) is 3.68. The minimum Gasteiger partial charge on any atom is -0.316 e. The van der Waals surface area contributed by atoms with Gasteiger partial charge in [-0.3, -0.25) is 4.98 Å². The molecular formula is C12H12F2N4. The predicted octanol–water partition coefficient (Wildman–Crippen LogP) is 2.20. The molecule has 0 aliphatic rings. The van der Waals surface area contributed by atoms with E-state index in [0.717, 1.165) is 0 Å².